The van der Waals surface area contributed by atoms with Crippen LogP contribution in [-0.2, 0) is 4.79 Å². The molecule has 0 fully saturated rings. The third-order valence-corrected chi connectivity index (χ3v) is 6.28. The fraction of sp³-hybridized carbons (Fsp3) is 0.273. The van der Waals surface area contributed by atoms with Gasteiger partial charge in [0.2, 0.25) is 5.91 Å². The second kappa shape index (κ2) is 8.97. The number of fused-ring (bicyclic) bond motifs is 2. The highest BCUT2D eigenvalue weighted by Gasteiger charge is 2.14. The maximum Gasteiger partial charge on any atom is 0.236 e. The molecule has 2 aromatic heterocycles. The molecular weight excluding hydrogens is 416 g/mol. The Hall–Kier alpha value is -2.71. The van der Waals surface area contributed by atoms with Crippen molar-refractivity contribution in [2.75, 3.05) is 17.7 Å². The molecule has 0 bridgehead atoms. The summed E-state index contributed by atoms with van der Waals surface area (Å²) in [7, 11) is 0. The molecule has 1 amide bonds. The van der Waals surface area contributed by atoms with Gasteiger partial charge in [-0.1, -0.05) is 55.1 Å². The van der Waals surface area contributed by atoms with Crippen LogP contribution < -0.4 is 10.1 Å². The van der Waals surface area contributed by atoms with Crippen LogP contribution in [0.2, 0.25) is 0 Å². The number of thiazole rings is 1. The number of hydrogen-bond acceptors (Lipinski definition) is 7. The van der Waals surface area contributed by atoms with Gasteiger partial charge >= 0.3 is 0 Å². The van der Waals surface area contributed by atoms with Crippen LogP contribution in [0.25, 0.3) is 21.1 Å². The van der Waals surface area contributed by atoms with Gasteiger partial charge in [-0.25, -0.2) is 15.0 Å². The van der Waals surface area contributed by atoms with E-state index in [1.165, 1.54) is 23.1 Å². The molecule has 2 aromatic carbocycles. The molecule has 2 heterocycles. The summed E-state index contributed by atoms with van der Waals surface area (Å²) in [4.78, 5) is 26.4. The minimum absolute atomic E-state index is 0.113. The first-order valence-corrected chi connectivity index (χ1v) is 11.6. The van der Waals surface area contributed by atoms with Crippen molar-refractivity contribution >= 4 is 55.3 Å². The van der Waals surface area contributed by atoms with Crippen molar-refractivity contribution in [1.82, 2.24) is 15.0 Å². The molecule has 6 nitrogen and oxygen atoms in total. The molecule has 0 radical (unpaired) electrons. The molecule has 4 aromatic rings. The summed E-state index contributed by atoms with van der Waals surface area (Å²) in [5.41, 5.74) is 1.74. The van der Waals surface area contributed by atoms with Gasteiger partial charge in [-0.15, -0.1) is 0 Å². The molecule has 1 N–H and O–H groups in total. The maximum atomic E-state index is 12.6. The minimum Gasteiger partial charge on any atom is -0.494 e. The Kier molecular flexibility index (Phi) is 6.15. The van der Waals surface area contributed by atoms with Gasteiger partial charge in [-0.05, 0) is 31.2 Å². The van der Waals surface area contributed by atoms with E-state index in [4.69, 9.17) is 4.74 Å². The van der Waals surface area contributed by atoms with Gasteiger partial charge in [0.25, 0.3) is 0 Å². The molecule has 0 aliphatic carbocycles. The Morgan fingerprint density at radius 2 is 1.97 bits per heavy atom. The van der Waals surface area contributed by atoms with Gasteiger partial charge in [-0.2, -0.15) is 0 Å². The Morgan fingerprint density at radius 3 is 2.77 bits per heavy atom. The van der Waals surface area contributed by atoms with E-state index in [-0.39, 0.29) is 17.6 Å². The molecule has 30 heavy (non-hydrogen) atoms. The van der Waals surface area contributed by atoms with Gasteiger partial charge in [-0.3, -0.25) is 4.79 Å². The Bertz CT molecular complexity index is 1210. The van der Waals surface area contributed by atoms with E-state index in [0.717, 1.165) is 37.7 Å². The third-order valence-electron chi connectivity index (χ3n) is 4.36. The lowest BCUT2D eigenvalue weighted by molar-refractivity contribution is -0.113. The fourth-order valence-corrected chi connectivity index (χ4v) is 4.67. The van der Waals surface area contributed by atoms with Crippen LogP contribution in [0, 0.1) is 0 Å². The molecule has 0 unspecified atom stereocenters. The van der Waals surface area contributed by atoms with E-state index < -0.39 is 0 Å². The second-order valence-electron chi connectivity index (χ2n) is 6.98. The zero-order valence-electron chi connectivity index (χ0n) is 17.0. The van der Waals surface area contributed by atoms with E-state index in [2.05, 4.69) is 34.1 Å². The lowest BCUT2D eigenvalue weighted by atomic mass is 10.2. The highest BCUT2D eigenvalue weighted by molar-refractivity contribution is 8.00. The predicted molar refractivity (Wildman–Crippen MR) is 124 cm³/mol. The molecule has 0 spiro atoms. The maximum absolute atomic E-state index is 12.6. The van der Waals surface area contributed by atoms with Gasteiger partial charge in [0.05, 0.1) is 28.1 Å². The first-order valence-electron chi connectivity index (χ1n) is 9.76. The number of carbonyl (C=O) groups excluding carboxylic acids is 1. The topological polar surface area (TPSA) is 77.0 Å². The molecule has 8 heteroatoms. The number of benzene rings is 2. The average molecular weight is 439 g/mol. The zero-order chi connectivity index (χ0) is 21.1. The number of para-hydroxylation sites is 1. The molecule has 0 saturated heterocycles. The van der Waals surface area contributed by atoms with Crippen molar-refractivity contribution in [1.29, 1.82) is 0 Å². The number of aromatic nitrogens is 3. The number of nitrogens with zero attached hydrogens (tertiary/aromatic N) is 3. The van der Waals surface area contributed by atoms with Crippen molar-refractivity contribution < 1.29 is 9.53 Å². The second-order valence-corrected chi connectivity index (χ2v) is 8.97. The summed E-state index contributed by atoms with van der Waals surface area (Å²) < 4.78 is 6.51. The summed E-state index contributed by atoms with van der Waals surface area (Å²) >= 11 is 2.86. The van der Waals surface area contributed by atoms with Crippen molar-refractivity contribution in [3.05, 3.63) is 48.3 Å². The van der Waals surface area contributed by atoms with Crippen LogP contribution in [0.3, 0.4) is 0 Å². The number of nitrogens with one attached hydrogen (secondary N) is 1. The highest BCUT2D eigenvalue weighted by atomic mass is 32.2. The number of rotatable bonds is 7. The van der Waals surface area contributed by atoms with E-state index in [1.807, 2.05) is 49.4 Å². The van der Waals surface area contributed by atoms with Gasteiger partial charge in [0, 0.05) is 11.3 Å². The van der Waals surface area contributed by atoms with Crippen LogP contribution >= 0.6 is 23.1 Å². The number of hydrogen-bond donors (Lipinski definition) is 1. The Balaban J connectivity index is 1.48. The van der Waals surface area contributed by atoms with Gasteiger partial charge < -0.3 is 10.1 Å². The lowest BCUT2D eigenvalue weighted by Gasteiger charge is -2.10. The van der Waals surface area contributed by atoms with Crippen molar-refractivity contribution in [3.8, 4) is 5.75 Å². The van der Waals surface area contributed by atoms with Crippen LogP contribution in [0.4, 0.5) is 5.13 Å². The first kappa shape index (κ1) is 20.6. The fourth-order valence-electron chi connectivity index (χ4n) is 2.94. The molecule has 0 saturated carbocycles. The van der Waals surface area contributed by atoms with Gasteiger partial charge in [0.1, 0.15) is 16.6 Å². The minimum atomic E-state index is -0.113. The van der Waals surface area contributed by atoms with Crippen molar-refractivity contribution in [2.45, 2.75) is 31.7 Å². The lowest BCUT2D eigenvalue weighted by Crippen LogP contribution is -2.14. The van der Waals surface area contributed by atoms with Gasteiger partial charge in [0.15, 0.2) is 5.13 Å². The summed E-state index contributed by atoms with van der Waals surface area (Å²) in [5, 5.41) is 5.27. The van der Waals surface area contributed by atoms with Crippen molar-refractivity contribution in [3.63, 3.8) is 0 Å². The molecule has 0 atom stereocenters. The number of thioether (sulfide) groups is 1. The smallest absolute Gasteiger partial charge is 0.236 e. The van der Waals surface area contributed by atoms with Crippen molar-refractivity contribution in [2.24, 2.45) is 0 Å². The van der Waals surface area contributed by atoms with E-state index in [1.54, 1.807) is 0 Å². The summed E-state index contributed by atoms with van der Waals surface area (Å²) in [6.45, 7) is 6.69. The molecule has 0 aliphatic rings. The largest absolute Gasteiger partial charge is 0.494 e. The molecule has 0 aliphatic heterocycles. The third kappa shape index (κ3) is 4.55. The number of anilines is 1. The summed E-state index contributed by atoms with van der Waals surface area (Å²) in [6.07, 6.45) is 0. The average Bonchev–Trinajstić information content (AvgIpc) is 3.13. The zero-order valence-corrected chi connectivity index (χ0v) is 18.6. The van der Waals surface area contributed by atoms with E-state index in [9.17, 15) is 4.79 Å². The highest BCUT2D eigenvalue weighted by Crippen LogP contribution is 2.30. The quantitative estimate of drug-likeness (QED) is 0.304. The van der Waals surface area contributed by atoms with Crippen LogP contribution in [-0.4, -0.2) is 33.2 Å². The SMILES string of the molecule is CCOc1ccc2nc(NC(=O)CSc3nc(C(C)C)nc4ccccc34)sc2c1. The standard InChI is InChI=1S/C22H22N4O2S2/c1-4-28-14-9-10-17-18(11-14)30-22(24-17)25-19(27)12-29-21-15-7-5-6-8-16(15)23-20(26-21)13(2)3/h5-11,13H,4,12H2,1-3H3,(H,24,25,27). The monoisotopic (exact) mass is 438 g/mol. The summed E-state index contributed by atoms with van der Waals surface area (Å²) in [6, 6.07) is 13.6. The van der Waals surface area contributed by atoms with E-state index >= 15 is 0 Å². The number of amides is 1. The van der Waals surface area contributed by atoms with Crippen LogP contribution in [0.5, 0.6) is 5.75 Å². The van der Waals surface area contributed by atoms with Crippen LogP contribution in [0.1, 0.15) is 32.5 Å². The Labute approximate surface area is 183 Å². The molecular formula is C22H22N4O2S2. The molecule has 154 valence electrons. The predicted octanol–water partition coefficient (Wildman–Crippen LogP) is 5.49. The first-order chi connectivity index (χ1) is 14.5. The summed E-state index contributed by atoms with van der Waals surface area (Å²) in [5.74, 6) is 1.94. The molecule has 4 rings (SSSR count). The number of carbonyl (C=O) groups is 1. The normalized spacial score (nSPS) is 11.3. The van der Waals surface area contributed by atoms with E-state index in [0.29, 0.717) is 11.7 Å². The number of ether oxygens (including phenoxy) is 1. The van der Waals surface area contributed by atoms with Crippen LogP contribution in [0.15, 0.2) is 47.5 Å². The Morgan fingerprint density at radius 1 is 1.13 bits per heavy atom.